The molecule has 0 unspecified atom stereocenters. The van der Waals surface area contributed by atoms with Crippen LogP contribution in [0.4, 0.5) is 0 Å². The lowest BCUT2D eigenvalue weighted by atomic mass is 10.3. The van der Waals surface area contributed by atoms with Crippen LogP contribution in [0.1, 0.15) is 19.2 Å². The topological polar surface area (TPSA) is 30.7 Å². The van der Waals surface area contributed by atoms with Crippen molar-refractivity contribution < 1.29 is 0 Å². The quantitative estimate of drug-likeness (QED) is 0.737. The van der Waals surface area contributed by atoms with E-state index in [9.17, 15) is 0 Å². The maximum Gasteiger partial charge on any atom is 0.113 e. The van der Waals surface area contributed by atoms with Gasteiger partial charge in [0.2, 0.25) is 0 Å². The van der Waals surface area contributed by atoms with Crippen molar-refractivity contribution in [3.05, 3.63) is 42.7 Å². The summed E-state index contributed by atoms with van der Waals surface area (Å²) in [5, 5.41) is 0. The Kier molecular flexibility index (Phi) is 2.58. The molecular formula is C11H13N3. The van der Waals surface area contributed by atoms with Gasteiger partial charge in [-0.2, -0.15) is 0 Å². The van der Waals surface area contributed by atoms with Gasteiger partial charge in [0.1, 0.15) is 5.82 Å². The van der Waals surface area contributed by atoms with Gasteiger partial charge in [-0.1, -0.05) is 6.92 Å². The summed E-state index contributed by atoms with van der Waals surface area (Å²) in [6.07, 6.45) is 9.54. The lowest BCUT2D eigenvalue weighted by molar-refractivity contribution is 0.808. The third-order valence-electron chi connectivity index (χ3n) is 2.13. The summed E-state index contributed by atoms with van der Waals surface area (Å²) < 4.78 is 2.10. The van der Waals surface area contributed by atoms with Gasteiger partial charge in [-0.15, -0.1) is 0 Å². The normalized spacial score (nSPS) is 10.4. The predicted octanol–water partition coefficient (Wildman–Crippen LogP) is 2.22. The second kappa shape index (κ2) is 4.05. The molecule has 0 spiro atoms. The number of imidazole rings is 1. The van der Waals surface area contributed by atoms with Gasteiger partial charge in [0.25, 0.3) is 0 Å². The Morgan fingerprint density at radius 3 is 2.71 bits per heavy atom. The van der Waals surface area contributed by atoms with Crippen molar-refractivity contribution in [2.75, 3.05) is 0 Å². The molecule has 0 aliphatic carbocycles. The summed E-state index contributed by atoms with van der Waals surface area (Å²) in [5.74, 6) is 1.11. The average Bonchev–Trinajstić information content (AvgIpc) is 2.68. The van der Waals surface area contributed by atoms with Crippen LogP contribution in [0.25, 0.3) is 5.69 Å². The monoisotopic (exact) mass is 187 g/mol. The Hall–Kier alpha value is -1.64. The SMILES string of the molecule is CCCc1nccn1-c1ccncc1. The number of aryl methyl sites for hydroxylation is 1. The third-order valence-corrected chi connectivity index (χ3v) is 2.13. The van der Waals surface area contributed by atoms with Crippen molar-refractivity contribution in [1.82, 2.24) is 14.5 Å². The molecule has 14 heavy (non-hydrogen) atoms. The van der Waals surface area contributed by atoms with Crippen LogP contribution in [-0.4, -0.2) is 14.5 Å². The smallest absolute Gasteiger partial charge is 0.113 e. The first-order valence-corrected chi connectivity index (χ1v) is 4.84. The lowest BCUT2D eigenvalue weighted by Crippen LogP contribution is -1.99. The predicted molar refractivity (Wildman–Crippen MR) is 55.4 cm³/mol. The average molecular weight is 187 g/mol. The molecule has 0 amide bonds. The largest absolute Gasteiger partial charge is 0.304 e. The molecule has 0 fully saturated rings. The Bertz CT molecular complexity index is 392. The number of hydrogen-bond donors (Lipinski definition) is 0. The van der Waals surface area contributed by atoms with E-state index >= 15 is 0 Å². The van der Waals surface area contributed by atoms with Crippen LogP contribution in [0.15, 0.2) is 36.9 Å². The van der Waals surface area contributed by atoms with Crippen molar-refractivity contribution in [3.63, 3.8) is 0 Å². The Balaban J connectivity index is 2.37. The van der Waals surface area contributed by atoms with E-state index in [1.807, 2.05) is 24.5 Å². The number of hydrogen-bond acceptors (Lipinski definition) is 2. The minimum Gasteiger partial charge on any atom is -0.304 e. The van der Waals surface area contributed by atoms with E-state index in [1.165, 1.54) is 0 Å². The van der Waals surface area contributed by atoms with E-state index in [4.69, 9.17) is 0 Å². The fraction of sp³-hybridized carbons (Fsp3) is 0.273. The molecular weight excluding hydrogens is 174 g/mol. The standard InChI is InChI=1S/C11H13N3/c1-2-3-11-13-8-9-14(11)10-4-6-12-7-5-10/h4-9H,2-3H2,1H3. The van der Waals surface area contributed by atoms with Gasteiger partial charge in [0, 0.05) is 36.9 Å². The summed E-state index contributed by atoms with van der Waals surface area (Å²) in [7, 11) is 0. The van der Waals surface area contributed by atoms with Gasteiger partial charge in [-0.3, -0.25) is 4.98 Å². The molecule has 0 aliphatic rings. The Morgan fingerprint density at radius 2 is 2.00 bits per heavy atom. The van der Waals surface area contributed by atoms with Crippen LogP contribution in [0.3, 0.4) is 0 Å². The minimum atomic E-state index is 1.01. The van der Waals surface area contributed by atoms with Crippen molar-refractivity contribution >= 4 is 0 Å². The summed E-state index contributed by atoms with van der Waals surface area (Å²) in [6.45, 7) is 2.16. The van der Waals surface area contributed by atoms with Gasteiger partial charge in [-0.05, 0) is 18.6 Å². The van der Waals surface area contributed by atoms with Crippen LogP contribution in [-0.2, 0) is 6.42 Å². The van der Waals surface area contributed by atoms with Gasteiger partial charge < -0.3 is 4.57 Å². The van der Waals surface area contributed by atoms with Crippen LogP contribution >= 0.6 is 0 Å². The van der Waals surface area contributed by atoms with E-state index in [0.29, 0.717) is 0 Å². The van der Waals surface area contributed by atoms with Crippen LogP contribution in [0, 0.1) is 0 Å². The van der Waals surface area contributed by atoms with E-state index in [2.05, 4.69) is 21.5 Å². The summed E-state index contributed by atoms with van der Waals surface area (Å²) in [4.78, 5) is 8.32. The Labute approximate surface area is 83.4 Å². The first-order valence-electron chi connectivity index (χ1n) is 4.84. The van der Waals surface area contributed by atoms with E-state index in [0.717, 1.165) is 24.4 Å². The molecule has 2 rings (SSSR count). The molecule has 0 aromatic carbocycles. The maximum atomic E-state index is 4.32. The Morgan fingerprint density at radius 1 is 1.21 bits per heavy atom. The highest BCUT2D eigenvalue weighted by Crippen LogP contribution is 2.10. The minimum absolute atomic E-state index is 1.01. The zero-order chi connectivity index (χ0) is 9.80. The van der Waals surface area contributed by atoms with Crippen LogP contribution in [0.2, 0.25) is 0 Å². The van der Waals surface area contributed by atoms with Crippen molar-refractivity contribution in [1.29, 1.82) is 0 Å². The lowest BCUT2D eigenvalue weighted by Gasteiger charge is -2.05. The van der Waals surface area contributed by atoms with Gasteiger partial charge in [0.15, 0.2) is 0 Å². The summed E-state index contributed by atoms with van der Waals surface area (Å²) in [6, 6.07) is 3.97. The van der Waals surface area contributed by atoms with Crippen molar-refractivity contribution in [2.24, 2.45) is 0 Å². The molecule has 3 nitrogen and oxygen atoms in total. The van der Waals surface area contributed by atoms with E-state index < -0.39 is 0 Å². The molecule has 0 atom stereocenters. The van der Waals surface area contributed by atoms with Crippen LogP contribution in [0.5, 0.6) is 0 Å². The summed E-state index contributed by atoms with van der Waals surface area (Å²) in [5.41, 5.74) is 1.13. The molecule has 0 saturated carbocycles. The maximum absolute atomic E-state index is 4.32. The van der Waals surface area contributed by atoms with E-state index in [1.54, 1.807) is 12.4 Å². The van der Waals surface area contributed by atoms with Gasteiger partial charge in [0.05, 0.1) is 0 Å². The highest BCUT2D eigenvalue weighted by Gasteiger charge is 2.02. The highest BCUT2D eigenvalue weighted by molar-refractivity contribution is 5.30. The molecule has 0 radical (unpaired) electrons. The number of aromatic nitrogens is 3. The van der Waals surface area contributed by atoms with Crippen molar-refractivity contribution in [3.8, 4) is 5.69 Å². The molecule has 72 valence electrons. The molecule has 0 saturated heterocycles. The first kappa shape index (κ1) is 8.94. The first-order chi connectivity index (χ1) is 6.92. The van der Waals surface area contributed by atoms with Gasteiger partial charge >= 0.3 is 0 Å². The third kappa shape index (κ3) is 1.66. The molecule has 2 aromatic rings. The molecule has 0 bridgehead atoms. The second-order valence-electron chi connectivity index (χ2n) is 3.17. The fourth-order valence-electron chi connectivity index (χ4n) is 1.48. The highest BCUT2D eigenvalue weighted by atomic mass is 15.1. The fourth-order valence-corrected chi connectivity index (χ4v) is 1.48. The zero-order valence-corrected chi connectivity index (χ0v) is 8.22. The molecule has 2 aromatic heterocycles. The molecule has 0 N–H and O–H groups in total. The molecule has 3 heteroatoms. The second-order valence-corrected chi connectivity index (χ2v) is 3.17. The summed E-state index contributed by atoms with van der Waals surface area (Å²) >= 11 is 0. The van der Waals surface area contributed by atoms with E-state index in [-0.39, 0.29) is 0 Å². The van der Waals surface area contributed by atoms with Gasteiger partial charge in [-0.25, -0.2) is 4.98 Å². The molecule has 2 heterocycles. The number of pyridine rings is 1. The zero-order valence-electron chi connectivity index (χ0n) is 8.22. The van der Waals surface area contributed by atoms with Crippen LogP contribution < -0.4 is 0 Å². The van der Waals surface area contributed by atoms with Crippen molar-refractivity contribution in [2.45, 2.75) is 19.8 Å². The molecule has 0 aliphatic heterocycles. The number of nitrogens with zero attached hydrogens (tertiary/aromatic N) is 3. The number of rotatable bonds is 3.